The van der Waals surface area contributed by atoms with E-state index in [0.29, 0.717) is 12.8 Å². The van der Waals surface area contributed by atoms with Crippen molar-refractivity contribution in [1.29, 1.82) is 0 Å². The van der Waals surface area contributed by atoms with Gasteiger partial charge < -0.3 is 53.4 Å². The van der Waals surface area contributed by atoms with Gasteiger partial charge >= 0.3 is 17.9 Å². The smallest absolute Gasteiger partial charge is 0.309 e. The van der Waals surface area contributed by atoms with Crippen molar-refractivity contribution >= 4 is 35.1 Å². The standard InChI is InChI=1S/C46H69N3O13/c1-10-39(53)61-38-26-40(54)58-28(3)25-36(52)35(49(8)22-13-14-31-19-21-47-34-16-12-11-15-33(31)34)17-18-37(60-30(5)51)27(2)24-32(20-23-50)44(45(38)57-9)62-46-43(56)41(48(6)7)42(55)29(4)59-46/h11-12,15-19,21,23,27-29,32,35-38,41-46,52,55-56H,10,13-14,20,22,24-26H2,1-9H3/b18-17+/t27-,28-,29-,32+,35-,36+,37+,38-,41+,42-,43-,44+,45+,46+/m1/s1. The summed E-state index contributed by atoms with van der Waals surface area (Å²) in [6.07, 6.45) is -3.79. The van der Waals surface area contributed by atoms with Crippen molar-refractivity contribution < 1.29 is 62.9 Å². The Morgan fingerprint density at radius 1 is 0.984 bits per heavy atom. The lowest BCUT2D eigenvalue weighted by Gasteiger charge is -2.47. The number of pyridine rings is 1. The number of rotatable bonds is 14. The second-order valence-corrected chi connectivity index (χ2v) is 17.0. The number of hydrogen-bond donors (Lipinski definition) is 3. The number of aliphatic hydroxyl groups excluding tert-OH is 3. The third kappa shape index (κ3) is 13.8. The first kappa shape index (κ1) is 50.8. The molecule has 2 aliphatic rings. The predicted molar refractivity (Wildman–Crippen MR) is 230 cm³/mol. The highest BCUT2D eigenvalue weighted by Gasteiger charge is 2.49. The van der Waals surface area contributed by atoms with E-state index in [0.717, 1.165) is 29.3 Å². The van der Waals surface area contributed by atoms with Gasteiger partial charge in [-0.1, -0.05) is 38.1 Å². The molecule has 346 valence electrons. The van der Waals surface area contributed by atoms with Gasteiger partial charge in [0.2, 0.25) is 0 Å². The van der Waals surface area contributed by atoms with Gasteiger partial charge in [-0.15, -0.1) is 0 Å². The molecule has 0 saturated carbocycles. The number of esters is 3. The molecule has 2 aromatic rings. The summed E-state index contributed by atoms with van der Waals surface area (Å²) in [5.41, 5.74) is 2.07. The van der Waals surface area contributed by atoms with Crippen LogP contribution >= 0.6 is 0 Å². The van der Waals surface area contributed by atoms with Crippen molar-refractivity contribution in [2.75, 3.05) is 34.8 Å². The molecular formula is C46H69N3O13. The lowest BCUT2D eigenvalue weighted by molar-refractivity contribution is -0.310. The van der Waals surface area contributed by atoms with Crippen LogP contribution in [-0.2, 0) is 54.0 Å². The molecule has 0 spiro atoms. The monoisotopic (exact) mass is 871 g/mol. The summed E-state index contributed by atoms with van der Waals surface area (Å²) < 4.78 is 36.3. The average Bonchev–Trinajstić information content (AvgIpc) is 3.21. The molecule has 1 aromatic heterocycles. The Morgan fingerprint density at radius 3 is 2.37 bits per heavy atom. The van der Waals surface area contributed by atoms with Gasteiger partial charge in [-0.2, -0.15) is 0 Å². The summed E-state index contributed by atoms with van der Waals surface area (Å²) in [7, 11) is 6.65. The highest BCUT2D eigenvalue weighted by molar-refractivity contribution is 5.81. The first-order valence-corrected chi connectivity index (χ1v) is 21.7. The van der Waals surface area contributed by atoms with Crippen LogP contribution in [0.5, 0.6) is 0 Å². The second kappa shape index (κ2) is 24.3. The van der Waals surface area contributed by atoms with E-state index >= 15 is 0 Å². The summed E-state index contributed by atoms with van der Waals surface area (Å²) in [4.78, 5) is 60.0. The van der Waals surface area contributed by atoms with E-state index in [1.165, 1.54) is 14.0 Å². The molecule has 0 bridgehead atoms. The van der Waals surface area contributed by atoms with Gasteiger partial charge in [0, 0.05) is 44.9 Å². The van der Waals surface area contributed by atoms with Crippen LogP contribution in [0.25, 0.3) is 10.9 Å². The van der Waals surface area contributed by atoms with Gasteiger partial charge in [0.25, 0.3) is 0 Å². The quantitative estimate of drug-likeness (QED) is 0.108. The largest absolute Gasteiger partial charge is 0.462 e. The Labute approximate surface area is 365 Å². The van der Waals surface area contributed by atoms with E-state index in [4.69, 9.17) is 28.4 Å². The Bertz CT molecular complexity index is 1770. The van der Waals surface area contributed by atoms with Crippen molar-refractivity contribution in [1.82, 2.24) is 14.8 Å². The number of cyclic esters (lactones) is 1. The zero-order valence-corrected chi connectivity index (χ0v) is 37.7. The van der Waals surface area contributed by atoms with Gasteiger partial charge in [0.1, 0.15) is 36.8 Å². The van der Waals surface area contributed by atoms with Crippen LogP contribution in [0, 0.1) is 11.8 Å². The number of aryl methyl sites for hydroxylation is 1. The van der Waals surface area contributed by atoms with Gasteiger partial charge in [-0.25, -0.2) is 0 Å². The zero-order chi connectivity index (χ0) is 45.7. The molecule has 1 aromatic carbocycles. The van der Waals surface area contributed by atoms with Gasteiger partial charge in [0.15, 0.2) is 6.29 Å². The van der Waals surface area contributed by atoms with Crippen LogP contribution < -0.4 is 0 Å². The van der Waals surface area contributed by atoms with Crippen LogP contribution in [0.4, 0.5) is 0 Å². The van der Waals surface area contributed by atoms with E-state index in [-0.39, 0.29) is 25.7 Å². The number of fused-ring (bicyclic) bond motifs is 1. The summed E-state index contributed by atoms with van der Waals surface area (Å²) >= 11 is 0. The number of methoxy groups -OCH3 is 1. The minimum Gasteiger partial charge on any atom is -0.462 e. The number of nitrogens with zero attached hydrogens (tertiary/aromatic N) is 3. The fourth-order valence-corrected chi connectivity index (χ4v) is 8.76. The number of ether oxygens (including phenoxy) is 6. The van der Waals surface area contributed by atoms with Crippen LogP contribution in [0.2, 0.25) is 0 Å². The number of aliphatic hydroxyl groups is 3. The number of aromatic nitrogens is 1. The summed E-state index contributed by atoms with van der Waals surface area (Å²) in [5.74, 6) is -3.15. The first-order chi connectivity index (χ1) is 29.5. The summed E-state index contributed by atoms with van der Waals surface area (Å²) in [5, 5.41) is 35.4. The normalized spacial score (nSPS) is 33.5. The number of hydrogen-bond acceptors (Lipinski definition) is 16. The fraction of sp³-hybridized carbons (Fsp3) is 0.674. The summed E-state index contributed by atoms with van der Waals surface area (Å²) in [6.45, 7) is 8.64. The Hall–Kier alpha value is -3.87. The van der Waals surface area contributed by atoms with Crippen LogP contribution in [0.15, 0.2) is 48.7 Å². The zero-order valence-electron chi connectivity index (χ0n) is 37.7. The molecule has 0 radical (unpaired) electrons. The van der Waals surface area contributed by atoms with E-state index in [1.54, 1.807) is 58.1 Å². The summed E-state index contributed by atoms with van der Waals surface area (Å²) in [6, 6.07) is 8.57. The van der Waals surface area contributed by atoms with Crippen molar-refractivity contribution in [3.8, 4) is 0 Å². The first-order valence-electron chi connectivity index (χ1n) is 21.7. The van der Waals surface area contributed by atoms with Crippen molar-refractivity contribution in [3.63, 3.8) is 0 Å². The van der Waals surface area contributed by atoms with E-state index < -0.39 is 109 Å². The molecule has 3 N–H and O–H groups in total. The molecule has 2 aliphatic heterocycles. The molecule has 4 rings (SSSR count). The van der Waals surface area contributed by atoms with Crippen molar-refractivity contribution in [2.45, 2.75) is 153 Å². The van der Waals surface area contributed by atoms with Crippen LogP contribution in [0.3, 0.4) is 0 Å². The SMILES string of the molecule is CCC(=O)O[C@@H]1CC(=O)O[C@H](C)C[C@H](O)[C@H](N(C)CCCc2ccnc3ccccc23)/C=C/[C@H](OC(C)=O)[C@H](C)C[C@H](CC=O)[C@H](O[C@@H]2O[C@H](C)[C@@H](O)[C@H](N(C)C)[C@H]2O)[C@H]1OC. The highest BCUT2D eigenvalue weighted by atomic mass is 16.7. The third-order valence-electron chi connectivity index (χ3n) is 12.0. The number of carbonyl (C=O) groups excluding carboxylic acids is 4. The van der Waals surface area contributed by atoms with Crippen molar-refractivity contribution in [3.05, 3.63) is 54.2 Å². The van der Waals surface area contributed by atoms with Crippen LogP contribution in [-0.4, -0.2) is 162 Å². The number of aldehydes is 1. The molecule has 14 atom stereocenters. The maximum absolute atomic E-state index is 13.7. The molecule has 3 heterocycles. The number of para-hydroxylation sites is 1. The predicted octanol–water partition coefficient (Wildman–Crippen LogP) is 3.39. The van der Waals surface area contributed by atoms with E-state index in [9.17, 15) is 34.5 Å². The topological polar surface area (TPSA) is 204 Å². The van der Waals surface area contributed by atoms with E-state index in [1.807, 2.05) is 49.2 Å². The van der Waals surface area contributed by atoms with Crippen molar-refractivity contribution in [2.24, 2.45) is 11.8 Å². The molecule has 1 fully saturated rings. The molecule has 0 unspecified atom stereocenters. The van der Waals surface area contributed by atoms with Crippen LogP contribution in [0.1, 0.15) is 78.7 Å². The molecular weight excluding hydrogens is 803 g/mol. The molecule has 0 amide bonds. The maximum Gasteiger partial charge on any atom is 0.309 e. The minimum absolute atomic E-state index is 0.0281. The lowest BCUT2D eigenvalue weighted by atomic mass is 9.82. The number of benzene rings is 1. The number of likely N-dealkylation sites (N-methyl/N-ethyl adjacent to an activating group) is 2. The van der Waals surface area contributed by atoms with E-state index in [2.05, 4.69) is 4.98 Å². The molecule has 16 heteroatoms. The highest BCUT2D eigenvalue weighted by Crippen LogP contribution is 2.35. The molecule has 0 aliphatic carbocycles. The minimum atomic E-state index is -1.38. The third-order valence-corrected chi connectivity index (χ3v) is 12.0. The second-order valence-electron chi connectivity index (χ2n) is 17.0. The van der Waals surface area contributed by atoms with Gasteiger partial charge in [-0.3, -0.25) is 24.3 Å². The fourth-order valence-electron chi connectivity index (χ4n) is 8.76. The Balaban J connectivity index is 1.75. The number of carbonyl (C=O) groups is 4. The van der Waals surface area contributed by atoms with Gasteiger partial charge in [-0.05, 0) is 96.4 Å². The Morgan fingerprint density at radius 2 is 1.71 bits per heavy atom. The Kier molecular flexibility index (Phi) is 19.9. The molecule has 1 saturated heterocycles. The lowest BCUT2D eigenvalue weighted by Crippen LogP contribution is -2.63. The molecule has 62 heavy (non-hydrogen) atoms. The molecule has 16 nitrogen and oxygen atoms in total. The maximum atomic E-state index is 13.7. The van der Waals surface area contributed by atoms with Gasteiger partial charge in [0.05, 0.1) is 48.4 Å². The average molecular weight is 872 g/mol.